The fourth-order valence-corrected chi connectivity index (χ4v) is 4.12. The Balaban J connectivity index is 1.73. The van der Waals surface area contributed by atoms with Crippen molar-refractivity contribution in [2.45, 2.75) is 45.7 Å². The number of para-hydroxylation sites is 1. The molecular formula is C21H29N5O4. The molecule has 1 fully saturated rings. The van der Waals surface area contributed by atoms with Crippen molar-refractivity contribution in [2.75, 3.05) is 26.7 Å². The highest BCUT2D eigenvalue weighted by atomic mass is 16.6. The van der Waals surface area contributed by atoms with E-state index in [1.54, 1.807) is 21.0 Å². The van der Waals surface area contributed by atoms with Gasteiger partial charge >= 0.3 is 5.69 Å². The van der Waals surface area contributed by atoms with Crippen LogP contribution < -0.4 is 10.1 Å². The van der Waals surface area contributed by atoms with Crippen LogP contribution in [0.25, 0.3) is 0 Å². The smallest absolute Gasteiger partial charge is 0.312 e. The lowest BCUT2D eigenvalue weighted by atomic mass is 10.0. The number of hydrogen-bond acceptors (Lipinski definition) is 6. The molecule has 1 amide bonds. The molecule has 1 N–H and O–H groups in total. The van der Waals surface area contributed by atoms with Gasteiger partial charge < -0.3 is 10.1 Å². The molecule has 3 rings (SSSR count). The van der Waals surface area contributed by atoms with E-state index in [9.17, 15) is 14.9 Å². The summed E-state index contributed by atoms with van der Waals surface area (Å²) in [5.41, 5.74) is 1.70. The van der Waals surface area contributed by atoms with Gasteiger partial charge in [0.1, 0.15) is 23.7 Å². The van der Waals surface area contributed by atoms with E-state index in [0.29, 0.717) is 17.9 Å². The van der Waals surface area contributed by atoms with Crippen LogP contribution in [-0.2, 0) is 11.3 Å². The quantitative estimate of drug-likeness (QED) is 0.525. The van der Waals surface area contributed by atoms with Crippen LogP contribution in [0.4, 0.5) is 5.69 Å². The highest BCUT2D eigenvalue weighted by molar-refractivity contribution is 5.76. The molecule has 0 bridgehead atoms. The van der Waals surface area contributed by atoms with Gasteiger partial charge in [-0.1, -0.05) is 24.6 Å². The summed E-state index contributed by atoms with van der Waals surface area (Å²) in [5, 5.41) is 18.3. The zero-order chi connectivity index (χ0) is 21.7. The van der Waals surface area contributed by atoms with Gasteiger partial charge in [-0.05, 0) is 45.8 Å². The third kappa shape index (κ3) is 4.79. The zero-order valence-corrected chi connectivity index (χ0v) is 17.8. The molecular weight excluding hydrogens is 386 g/mol. The van der Waals surface area contributed by atoms with Gasteiger partial charge in [-0.15, -0.1) is 0 Å². The van der Waals surface area contributed by atoms with E-state index < -0.39 is 4.92 Å². The van der Waals surface area contributed by atoms with Crippen LogP contribution >= 0.6 is 0 Å². The molecule has 0 saturated carbocycles. The molecule has 1 aromatic heterocycles. The van der Waals surface area contributed by atoms with Crippen molar-refractivity contribution in [1.29, 1.82) is 0 Å². The van der Waals surface area contributed by atoms with Crippen LogP contribution in [0.1, 0.15) is 42.3 Å². The number of carbonyl (C=O) groups is 1. The van der Waals surface area contributed by atoms with E-state index in [4.69, 9.17) is 4.74 Å². The van der Waals surface area contributed by atoms with Crippen LogP contribution in [0.15, 0.2) is 24.3 Å². The second kappa shape index (κ2) is 9.71. The third-order valence-corrected chi connectivity index (χ3v) is 5.64. The number of hydrogen-bond donors (Lipinski definition) is 1. The zero-order valence-electron chi connectivity index (χ0n) is 17.8. The van der Waals surface area contributed by atoms with Gasteiger partial charge in [0.15, 0.2) is 0 Å². The number of piperidine rings is 1. The van der Waals surface area contributed by atoms with E-state index in [-0.39, 0.29) is 24.2 Å². The fraction of sp³-hybridized carbons (Fsp3) is 0.524. The molecule has 0 aliphatic carbocycles. The van der Waals surface area contributed by atoms with E-state index in [1.165, 1.54) is 11.1 Å². The van der Waals surface area contributed by atoms with Crippen LogP contribution in [0, 0.1) is 24.0 Å². The summed E-state index contributed by atoms with van der Waals surface area (Å²) in [4.78, 5) is 25.7. The first-order chi connectivity index (χ1) is 14.4. The number of carbonyl (C=O) groups excluding carboxylic acids is 1. The first-order valence-electron chi connectivity index (χ1n) is 10.2. The maximum Gasteiger partial charge on any atom is 0.312 e. The minimum absolute atomic E-state index is 0.000176. The minimum Gasteiger partial charge on any atom is -0.496 e. The van der Waals surface area contributed by atoms with Crippen molar-refractivity contribution in [2.24, 2.45) is 0 Å². The summed E-state index contributed by atoms with van der Waals surface area (Å²) >= 11 is 0. The Hall–Kier alpha value is -2.94. The normalized spacial score (nSPS) is 15.6. The Kier molecular flexibility index (Phi) is 7.04. The van der Waals surface area contributed by atoms with Crippen molar-refractivity contribution < 1.29 is 14.5 Å². The Morgan fingerprint density at radius 3 is 2.60 bits per heavy atom. The van der Waals surface area contributed by atoms with E-state index in [0.717, 1.165) is 37.2 Å². The largest absolute Gasteiger partial charge is 0.496 e. The number of amides is 1. The molecule has 1 aromatic carbocycles. The molecule has 162 valence electrons. The first-order valence-corrected chi connectivity index (χ1v) is 10.2. The Morgan fingerprint density at radius 1 is 1.27 bits per heavy atom. The fourth-order valence-electron chi connectivity index (χ4n) is 4.12. The van der Waals surface area contributed by atoms with Gasteiger partial charge in [0.25, 0.3) is 0 Å². The van der Waals surface area contributed by atoms with Crippen molar-refractivity contribution >= 4 is 11.6 Å². The Labute approximate surface area is 176 Å². The lowest BCUT2D eigenvalue weighted by Gasteiger charge is -2.35. The standard InChI is InChI=1S/C21H29N5O4/c1-15-21(26(28)29)16(2)25(23-15)14-20(27)22-13-18(24-11-7-4-8-12-24)17-9-5-6-10-19(17)30-3/h5-6,9-10,18H,4,7-8,11-14H2,1-3H3,(H,22,27). The van der Waals surface area contributed by atoms with Crippen LogP contribution in [0.2, 0.25) is 0 Å². The lowest BCUT2D eigenvalue weighted by molar-refractivity contribution is -0.386. The average Bonchev–Trinajstić information content (AvgIpc) is 3.02. The number of methoxy groups -OCH3 is 1. The van der Waals surface area contributed by atoms with Crippen molar-refractivity contribution in [3.63, 3.8) is 0 Å². The summed E-state index contributed by atoms with van der Waals surface area (Å²) in [7, 11) is 1.65. The number of nitro groups is 1. The summed E-state index contributed by atoms with van der Waals surface area (Å²) in [6, 6.07) is 7.88. The van der Waals surface area contributed by atoms with E-state index >= 15 is 0 Å². The highest BCUT2D eigenvalue weighted by Crippen LogP contribution is 2.31. The van der Waals surface area contributed by atoms with Gasteiger partial charge in [0.2, 0.25) is 5.91 Å². The molecule has 1 aliphatic heterocycles. The molecule has 0 spiro atoms. The highest BCUT2D eigenvalue weighted by Gasteiger charge is 2.26. The number of aryl methyl sites for hydroxylation is 1. The maximum absolute atomic E-state index is 12.6. The van der Waals surface area contributed by atoms with Crippen LogP contribution in [-0.4, -0.2) is 52.3 Å². The van der Waals surface area contributed by atoms with Gasteiger partial charge in [-0.3, -0.25) is 24.5 Å². The van der Waals surface area contributed by atoms with Gasteiger partial charge in [0, 0.05) is 12.1 Å². The van der Waals surface area contributed by atoms with Gasteiger partial charge in [0.05, 0.1) is 18.1 Å². The minimum atomic E-state index is -0.458. The number of likely N-dealkylation sites (tertiary alicyclic amines) is 1. The average molecular weight is 415 g/mol. The molecule has 0 radical (unpaired) electrons. The van der Waals surface area contributed by atoms with E-state index in [1.807, 2.05) is 24.3 Å². The van der Waals surface area contributed by atoms with Crippen molar-refractivity contribution in [3.05, 3.63) is 51.3 Å². The molecule has 1 unspecified atom stereocenters. The molecule has 1 atom stereocenters. The summed E-state index contributed by atoms with van der Waals surface area (Å²) in [6.07, 6.45) is 3.49. The summed E-state index contributed by atoms with van der Waals surface area (Å²) < 4.78 is 6.95. The van der Waals surface area contributed by atoms with E-state index in [2.05, 4.69) is 15.3 Å². The monoisotopic (exact) mass is 415 g/mol. The van der Waals surface area contributed by atoms with Crippen LogP contribution in [0.3, 0.4) is 0 Å². The Morgan fingerprint density at radius 2 is 1.97 bits per heavy atom. The number of rotatable bonds is 8. The maximum atomic E-state index is 12.6. The molecule has 1 saturated heterocycles. The molecule has 1 aliphatic rings. The summed E-state index contributed by atoms with van der Waals surface area (Å²) in [6.45, 7) is 5.51. The first kappa shape index (κ1) is 21.8. The predicted molar refractivity (Wildman–Crippen MR) is 113 cm³/mol. The topological polar surface area (TPSA) is 103 Å². The number of ether oxygens (including phenoxy) is 1. The molecule has 2 aromatic rings. The molecule has 9 heteroatoms. The Bertz CT molecular complexity index is 905. The van der Waals surface area contributed by atoms with Crippen molar-refractivity contribution in [3.8, 4) is 5.75 Å². The molecule has 2 heterocycles. The molecule has 30 heavy (non-hydrogen) atoms. The number of nitrogens with zero attached hydrogens (tertiary/aromatic N) is 4. The number of nitrogens with one attached hydrogen (secondary N) is 1. The number of aromatic nitrogens is 2. The number of benzene rings is 1. The van der Waals surface area contributed by atoms with Crippen molar-refractivity contribution in [1.82, 2.24) is 20.0 Å². The SMILES string of the molecule is COc1ccccc1C(CNC(=O)Cn1nc(C)c([N+](=O)[O-])c1C)N1CCCCC1. The lowest BCUT2D eigenvalue weighted by Crippen LogP contribution is -2.41. The second-order valence-corrected chi connectivity index (χ2v) is 7.59. The molecule has 9 nitrogen and oxygen atoms in total. The second-order valence-electron chi connectivity index (χ2n) is 7.59. The predicted octanol–water partition coefficient (Wildman–Crippen LogP) is 2.76. The van der Waals surface area contributed by atoms with Crippen LogP contribution in [0.5, 0.6) is 5.75 Å². The van der Waals surface area contributed by atoms with Gasteiger partial charge in [-0.2, -0.15) is 5.10 Å². The van der Waals surface area contributed by atoms with Gasteiger partial charge in [-0.25, -0.2) is 0 Å². The summed E-state index contributed by atoms with van der Waals surface area (Å²) in [5.74, 6) is 0.573. The third-order valence-electron chi connectivity index (χ3n) is 5.64.